The van der Waals surface area contributed by atoms with Crippen LogP contribution in [0.5, 0.6) is 0 Å². The minimum atomic E-state index is -0.494. The maximum absolute atomic E-state index is 11.9. The van der Waals surface area contributed by atoms with Crippen LogP contribution in [-0.4, -0.2) is 30.9 Å². The number of urea groups is 1. The fraction of sp³-hybridized carbons (Fsp3) is 0.833. The molecular weight excluding hydrogens is 218 g/mol. The Morgan fingerprint density at radius 3 is 2.35 bits per heavy atom. The van der Waals surface area contributed by atoms with E-state index in [1.54, 1.807) is 0 Å². The first kappa shape index (κ1) is 15.9. The summed E-state index contributed by atoms with van der Waals surface area (Å²) in [6.07, 6.45) is 2.55. The second-order valence-electron chi connectivity index (χ2n) is 4.45. The van der Waals surface area contributed by atoms with Gasteiger partial charge >= 0.3 is 6.03 Å². The molecule has 0 unspecified atom stereocenters. The van der Waals surface area contributed by atoms with Gasteiger partial charge in [0.25, 0.3) is 0 Å². The van der Waals surface area contributed by atoms with Crippen molar-refractivity contribution in [2.45, 2.75) is 46.1 Å². The Labute approximate surface area is 104 Å². The van der Waals surface area contributed by atoms with Crippen molar-refractivity contribution in [3.63, 3.8) is 0 Å². The number of nitrogens with two attached hydrogens (primary N) is 1. The maximum atomic E-state index is 11.9. The summed E-state index contributed by atoms with van der Waals surface area (Å²) >= 11 is 0. The lowest BCUT2D eigenvalue weighted by molar-refractivity contribution is -0.124. The molecule has 100 valence electrons. The van der Waals surface area contributed by atoms with E-state index in [0.717, 1.165) is 25.8 Å². The number of likely N-dealkylation sites (N-methyl/N-ethyl adjacent to an activating group) is 1. The summed E-state index contributed by atoms with van der Waals surface area (Å²) < 4.78 is 0. The van der Waals surface area contributed by atoms with Crippen LogP contribution in [-0.2, 0) is 4.79 Å². The van der Waals surface area contributed by atoms with Crippen LogP contribution in [0.3, 0.4) is 0 Å². The van der Waals surface area contributed by atoms with Crippen molar-refractivity contribution in [1.82, 2.24) is 10.6 Å². The van der Waals surface area contributed by atoms with E-state index in [2.05, 4.69) is 10.6 Å². The largest absolute Gasteiger partial charge is 0.352 e. The average Bonchev–Trinajstić information content (AvgIpc) is 2.25. The summed E-state index contributed by atoms with van der Waals surface area (Å²) in [6, 6.07) is -0.555. The number of carbonyl (C=O) groups excluding carboxylic acids is 2. The highest BCUT2D eigenvalue weighted by Gasteiger charge is 2.19. The highest BCUT2D eigenvalue weighted by molar-refractivity contribution is 5.85. The minimum Gasteiger partial charge on any atom is -0.352 e. The van der Waals surface area contributed by atoms with E-state index >= 15 is 0 Å². The summed E-state index contributed by atoms with van der Waals surface area (Å²) in [5, 5.41) is 5.74. The quantitative estimate of drug-likeness (QED) is 0.529. The number of amides is 2. The van der Waals surface area contributed by atoms with Gasteiger partial charge in [-0.05, 0) is 25.8 Å². The van der Waals surface area contributed by atoms with Crippen LogP contribution in [0.1, 0.15) is 40.0 Å². The predicted octanol–water partition coefficient (Wildman–Crippen LogP) is 1.03. The lowest BCUT2D eigenvalue weighted by Crippen LogP contribution is -2.39. The summed E-state index contributed by atoms with van der Waals surface area (Å²) in [5.41, 5.74) is 4.95. The number of unbranched alkanes of at least 4 members (excludes halogenated alkanes) is 1. The van der Waals surface area contributed by atoms with Crippen molar-refractivity contribution in [2.24, 2.45) is 11.7 Å². The van der Waals surface area contributed by atoms with Crippen LogP contribution in [0, 0.1) is 5.92 Å². The molecule has 1 atom stereocenters. The standard InChI is InChI=1S/C12H25N3O2/c1-4-14-10(11(16)9(2)3)7-5-6-8-15-12(13)17/h9-10,14H,4-8H2,1-3H3,(H3,13,15,17)/t10-/m0/s1. The fourth-order valence-corrected chi connectivity index (χ4v) is 1.68. The number of primary amides is 1. The van der Waals surface area contributed by atoms with E-state index in [9.17, 15) is 9.59 Å². The lowest BCUT2D eigenvalue weighted by Gasteiger charge is -2.18. The molecular formula is C12H25N3O2. The fourth-order valence-electron chi connectivity index (χ4n) is 1.68. The summed E-state index contributed by atoms with van der Waals surface area (Å²) in [4.78, 5) is 22.3. The Bertz CT molecular complexity index is 242. The van der Waals surface area contributed by atoms with Gasteiger partial charge in [0, 0.05) is 12.5 Å². The Hall–Kier alpha value is -1.10. The first-order valence-electron chi connectivity index (χ1n) is 6.29. The normalized spacial score (nSPS) is 12.5. The van der Waals surface area contributed by atoms with Crippen LogP contribution < -0.4 is 16.4 Å². The van der Waals surface area contributed by atoms with Gasteiger partial charge in [-0.3, -0.25) is 4.79 Å². The summed E-state index contributed by atoms with van der Waals surface area (Å²) in [5.74, 6) is 0.317. The SMILES string of the molecule is CCN[C@@H](CCCCNC(N)=O)C(=O)C(C)C. The van der Waals surface area contributed by atoms with Crippen molar-refractivity contribution in [3.8, 4) is 0 Å². The first-order valence-corrected chi connectivity index (χ1v) is 6.29. The molecule has 0 heterocycles. The molecule has 0 bridgehead atoms. The molecule has 0 spiro atoms. The number of carbonyl (C=O) groups is 2. The minimum absolute atomic E-state index is 0.0581. The van der Waals surface area contributed by atoms with Crippen molar-refractivity contribution in [2.75, 3.05) is 13.1 Å². The Kier molecular flexibility index (Phi) is 8.40. The van der Waals surface area contributed by atoms with Gasteiger partial charge in [-0.15, -0.1) is 0 Å². The second kappa shape index (κ2) is 8.98. The summed E-state index contributed by atoms with van der Waals surface area (Å²) in [7, 11) is 0. The molecule has 0 aliphatic rings. The number of Topliss-reactive ketones (excluding diaryl/α,β-unsaturated/α-hetero) is 1. The molecule has 4 N–H and O–H groups in total. The molecule has 0 aromatic carbocycles. The third-order valence-corrected chi connectivity index (χ3v) is 2.58. The molecule has 0 aliphatic heterocycles. The predicted molar refractivity (Wildman–Crippen MR) is 68.7 cm³/mol. The Morgan fingerprint density at radius 1 is 1.24 bits per heavy atom. The van der Waals surface area contributed by atoms with Gasteiger partial charge in [0.1, 0.15) is 0 Å². The molecule has 17 heavy (non-hydrogen) atoms. The lowest BCUT2D eigenvalue weighted by atomic mass is 9.97. The van der Waals surface area contributed by atoms with Crippen LogP contribution in [0.2, 0.25) is 0 Å². The highest BCUT2D eigenvalue weighted by atomic mass is 16.2. The van der Waals surface area contributed by atoms with E-state index in [1.165, 1.54) is 0 Å². The summed E-state index contributed by atoms with van der Waals surface area (Å²) in [6.45, 7) is 7.20. The van der Waals surface area contributed by atoms with Gasteiger partial charge in [-0.2, -0.15) is 0 Å². The second-order valence-corrected chi connectivity index (χ2v) is 4.45. The van der Waals surface area contributed by atoms with E-state index < -0.39 is 6.03 Å². The van der Waals surface area contributed by atoms with Gasteiger partial charge in [0.05, 0.1) is 6.04 Å². The molecule has 5 heteroatoms. The van der Waals surface area contributed by atoms with E-state index in [-0.39, 0.29) is 17.7 Å². The van der Waals surface area contributed by atoms with Crippen LogP contribution in [0.25, 0.3) is 0 Å². The molecule has 0 radical (unpaired) electrons. The van der Waals surface area contributed by atoms with E-state index in [1.807, 2.05) is 20.8 Å². The van der Waals surface area contributed by atoms with Crippen molar-refractivity contribution in [1.29, 1.82) is 0 Å². The van der Waals surface area contributed by atoms with Crippen LogP contribution >= 0.6 is 0 Å². The van der Waals surface area contributed by atoms with Crippen molar-refractivity contribution < 1.29 is 9.59 Å². The molecule has 0 saturated carbocycles. The van der Waals surface area contributed by atoms with Gasteiger partial charge in [-0.1, -0.05) is 20.8 Å². The average molecular weight is 243 g/mol. The number of hydrogen-bond donors (Lipinski definition) is 3. The molecule has 2 amide bonds. The van der Waals surface area contributed by atoms with Gasteiger partial charge in [0.15, 0.2) is 5.78 Å². The number of rotatable bonds is 9. The monoisotopic (exact) mass is 243 g/mol. The smallest absolute Gasteiger partial charge is 0.312 e. The van der Waals surface area contributed by atoms with Gasteiger partial charge in [-0.25, -0.2) is 4.79 Å². The number of ketones is 1. The third kappa shape index (κ3) is 7.74. The Balaban J connectivity index is 3.85. The molecule has 0 rings (SSSR count). The van der Waals surface area contributed by atoms with E-state index in [0.29, 0.717) is 6.54 Å². The molecule has 0 fully saturated rings. The van der Waals surface area contributed by atoms with Gasteiger partial charge < -0.3 is 16.4 Å². The van der Waals surface area contributed by atoms with Crippen LogP contribution in [0.4, 0.5) is 4.79 Å². The molecule has 5 nitrogen and oxygen atoms in total. The zero-order chi connectivity index (χ0) is 13.3. The van der Waals surface area contributed by atoms with Crippen LogP contribution in [0.15, 0.2) is 0 Å². The van der Waals surface area contributed by atoms with Gasteiger partial charge in [0.2, 0.25) is 0 Å². The van der Waals surface area contributed by atoms with E-state index in [4.69, 9.17) is 5.73 Å². The molecule has 0 aromatic heterocycles. The third-order valence-electron chi connectivity index (χ3n) is 2.58. The molecule has 0 aromatic rings. The number of nitrogens with one attached hydrogen (secondary N) is 2. The van der Waals surface area contributed by atoms with Crippen molar-refractivity contribution in [3.05, 3.63) is 0 Å². The molecule has 0 saturated heterocycles. The molecule has 0 aliphatic carbocycles. The zero-order valence-corrected chi connectivity index (χ0v) is 11.1. The Morgan fingerprint density at radius 2 is 1.88 bits per heavy atom. The topological polar surface area (TPSA) is 84.2 Å². The maximum Gasteiger partial charge on any atom is 0.312 e. The number of hydrogen-bond acceptors (Lipinski definition) is 3. The first-order chi connectivity index (χ1) is 7.99. The van der Waals surface area contributed by atoms with Crippen molar-refractivity contribution >= 4 is 11.8 Å². The highest BCUT2D eigenvalue weighted by Crippen LogP contribution is 2.07. The zero-order valence-electron chi connectivity index (χ0n) is 11.1.